The van der Waals surface area contributed by atoms with Gasteiger partial charge in [-0.05, 0) is 62.1 Å². The molecule has 0 bridgehead atoms. The van der Waals surface area contributed by atoms with E-state index in [9.17, 15) is 9.59 Å². The highest BCUT2D eigenvalue weighted by molar-refractivity contribution is 6.06. The Balaban J connectivity index is 1.77. The molecule has 0 N–H and O–H groups in total. The minimum absolute atomic E-state index is 0.00463. The second-order valence-electron chi connectivity index (χ2n) is 6.96. The number of amides is 2. The summed E-state index contributed by atoms with van der Waals surface area (Å²) in [6, 6.07) is 13.8. The second kappa shape index (κ2) is 7.73. The van der Waals surface area contributed by atoms with Crippen LogP contribution in [0.15, 0.2) is 42.5 Å². The number of hydrogen-bond acceptors (Lipinski definition) is 2. The molecule has 2 aromatic rings. The molecule has 1 heterocycles. The highest BCUT2D eigenvalue weighted by atomic mass is 16.2. The molecule has 1 saturated heterocycles. The van der Waals surface area contributed by atoms with E-state index in [0.717, 1.165) is 35.3 Å². The standard InChI is InChI=1S/C22H26N2O2/c1-4-24(20-14-16(2)7-8-17(20)3)22(26)19-11-9-18(10-12-19)15-23-13-5-6-21(23)25/h7-12,14H,4-6,13,15H2,1-3H3. The summed E-state index contributed by atoms with van der Waals surface area (Å²) in [5.74, 6) is 0.224. The van der Waals surface area contributed by atoms with E-state index in [2.05, 4.69) is 18.2 Å². The van der Waals surface area contributed by atoms with Gasteiger partial charge in [0.25, 0.3) is 5.91 Å². The molecule has 0 unspecified atom stereocenters. The van der Waals surface area contributed by atoms with E-state index in [1.165, 1.54) is 0 Å². The summed E-state index contributed by atoms with van der Waals surface area (Å²) < 4.78 is 0. The van der Waals surface area contributed by atoms with Gasteiger partial charge < -0.3 is 9.80 Å². The first-order valence-corrected chi connectivity index (χ1v) is 9.25. The molecule has 1 aliphatic heterocycles. The van der Waals surface area contributed by atoms with Gasteiger partial charge in [0, 0.05) is 37.3 Å². The third-order valence-electron chi connectivity index (χ3n) is 4.96. The van der Waals surface area contributed by atoms with Crippen molar-refractivity contribution >= 4 is 17.5 Å². The van der Waals surface area contributed by atoms with Crippen molar-refractivity contribution in [2.75, 3.05) is 18.0 Å². The van der Waals surface area contributed by atoms with Crippen LogP contribution in [0.2, 0.25) is 0 Å². The van der Waals surface area contributed by atoms with Crippen molar-refractivity contribution in [1.82, 2.24) is 4.90 Å². The quantitative estimate of drug-likeness (QED) is 0.815. The lowest BCUT2D eigenvalue weighted by Crippen LogP contribution is -2.31. The molecule has 0 spiro atoms. The van der Waals surface area contributed by atoms with E-state index >= 15 is 0 Å². The maximum atomic E-state index is 13.0. The van der Waals surface area contributed by atoms with E-state index < -0.39 is 0 Å². The number of likely N-dealkylation sites (tertiary alicyclic amines) is 1. The van der Waals surface area contributed by atoms with Crippen LogP contribution in [0.5, 0.6) is 0 Å². The third kappa shape index (κ3) is 3.79. The van der Waals surface area contributed by atoms with Gasteiger partial charge in [0.05, 0.1) is 0 Å². The zero-order chi connectivity index (χ0) is 18.7. The van der Waals surface area contributed by atoms with Crippen LogP contribution in [0.1, 0.15) is 46.8 Å². The Morgan fingerprint density at radius 2 is 1.85 bits per heavy atom. The van der Waals surface area contributed by atoms with E-state index in [0.29, 0.717) is 25.1 Å². The molecule has 0 aliphatic carbocycles. The van der Waals surface area contributed by atoms with Crippen molar-refractivity contribution in [1.29, 1.82) is 0 Å². The Morgan fingerprint density at radius 1 is 1.12 bits per heavy atom. The number of rotatable bonds is 5. The van der Waals surface area contributed by atoms with Gasteiger partial charge in [0.2, 0.25) is 5.91 Å². The molecule has 0 atom stereocenters. The predicted octanol–water partition coefficient (Wildman–Crippen LogP) is 4.09. The second-order valence-corrected chi connectivity index (χ2v) is 6.96. The van der Waals surface area contributed by atoms with Crippen LogP contribution in [-0.4, -0.2) is 29.8 Å². The van der Waals surface area contributed by atoms with Gasteiger partial charge in [-0.25, -0.2) is 0 Å². The molecule has 26 heavy (non-hydrogen) atoms. The Labute approximate surface area is 155 Å². The van der Waals surface area contributed by atoms with Crippen LogP contribution in [-0.2, 0) is 11.3 Å². The number of nitrogens with zero attached hydrogens (tertiary/aromatic N) is 2. The molecule has 4 heteroatoms. The Kier molecular flexibility index (Phi) is 5.40. The molecular formula is C22H26N2O2. The van der Waals surface area contributed by atoms with Gasteiger partial charge in [-0.2, -0.15) is 0 Å². The molecule has 2 amide bonds. The average molecular weight is 350 g/mol. The zero-order valence-electron chi connectivity index (χ0n) is 15.8. The summed E-state index contributed by atoms with van der Waals surface area (Å²) in [5, 5.41) is 0. The van der Waals surface area contributed by atoms with E-state index in [1.807, 2.05) is 54.8 Å². The van der Waals surface area contributed by atoms with Gasteiger partial charge in [0.1, 0.15) is 0 Å². The van der Waals surface area contributed by atoms with E-state index in [-0.39, 0.29) is 11.8 Å². The fourth-order valence-corrected chi connectivity index (χ4v) is 3.43. The summed E-state index contributed by atoms with van der Waals surface area (Å²) in [6.45, 7) is 8.13. The molecule has 4 nitrogen and oxygen atoms in total. The molecular weight excluding hydrogens is 324 g/mol. The fourth-order valence-electron chi connectivity index (χ4n) is 3.43. The first-order valence-electron chi connectivity index (χ1n) is 9.25. The van der Waals surface area contributed by atoms with Gasteiger partial charge in [-0.1, -0.05) is 24.3 Å². The van der Waals surface area contributed by atoms with Crippen LogP contribution in [0.25, 0.3) is 0 Å². The molecule has 1 aliphatic rings. The lowest BCUT2D eigenvalue weighted by molar-refractivity contribution is -0.128. The van der Waals surface area contributed by atoms with Crippen molar-refractivity contribution in [3.05, 3.63) is 64.7 Å². The highest BCUT2D eigenvalue weighted by Gasteiger charge is 2.21. The molecule has 0 saturated carbocycles. The maximum absolute atomic E-state index is 13.0. The normalized spacial score (nSPS) is 14.0. The van der Waals surface area contributed by atoms with Crippen molar-refractivity contribution in [3.8, 4) is 0 Å². The lowest BCUT2D eigenvalue weighted by Gasteiger charge is -2.24. The Hall–Kier alpha value is -2.62. The molecule has 136 valence electrons. The number of anilines is 1. The number of benzene rings is 2. The van der Waals surface area contributed by atoms with Gasteiger partial charge >= 0.3 is 0 Å². The lowest BCUT2D eigenvalue weighted by atomic mass is 10.1. The third-order valence-corrected chi connectivity index (χ3v) is 4.96. The SMILES string of the molecule is CCN(C(=O)c1ccc(CN2CCCC2=O)cc1)c1cc(C)ccc1C. The molecule has 3 rings (SSSR count). The van der Waals surface area contributed by atoms with Crippen LogP contribution in [0, 0.1) is 13.8 Å². The van der Waals surface area contributed by atoms with E-state index in [1.54, 1.807) is 0 Å². The maximum Gasteiger partial charge on any atom is 0.258 e. The number of carbonyl (C=O) groups is 2. The first kappa shape index (κ1) is 18.2. The summed E-state index contributed by atoms with van der Waals surface area (Å²) in [4.78, 5) is 28.5. The Morgan fingerprint density at radius 3 is 2.46 bits per heavy atom. The highest BCUT2D eigenvalue weighted by Crippen LogP contribution is 2.24. The minimum Gasteiger partial charge on any atom is -0.338 e. The van der Waals surface area contributed by atoms with E-state index in [4.69, 9.17) is 0 Å². The first-order chi connectivity index (χ1) is 12.5. The van der Waals surface area contributed by atoms with Crippen LogP contribution >= 0.6 is 0 Å². The number of hydrogen-bond donors (Lipinski definition) is 0. The van der Waals surface area contributed by atoms with Gasteiger partial charge in [-0.3, -0.25) is 9.59 Å². The predicted molar refractivity (Wildman–Crippen MR) is 104 cm³/mol. The monoisotopic (exact) mass is 350 g/mol. The fraction of sp³-hybridized carbons (Fsp3) is 0.364. The van der Waals surface area contributed by atoms with Gasteiger partial charge in [0.15, 0.2) is 0 Å². The summed E-state index contributed by atoms with van der Waals surface area (Å²) in [5.41, 5.74) is 4.93. The van der Waals surface area contributed by atoms with Crippen LogP contribution in [0.4, 0.5) is 5.69 Å². The number of aryl methyl sites for hydroxylation is 2. The summed E-state index contributed by atoms with van der Waals surface area (Å²) >= 11 is 0. The topological polar surface area (TPSA) is 40.6 Å². The minimum atomic E-state index is 0.00463. The molecule has 1 fully saturated rings. The number of carbonyl (C=O) groups excluding carboxylic acids is 2. The molecule has 0 aromatic heterocycles. The van der Waals surface area contributed by atoms with Crippen LogP contribution < -0.4 is 4.90 Å². The summed E-state index contributed by atoms with van der Waals surface area (Å²) in [7, 11) is 0. The van der Waals surface area contributed by atoms with Crippen molar-refractivity contribution < 1.29 is 9.59 Å². The smallest absolute Gasteiger partial charge is 0.258 e. The van der Waals surface area contributed by atoms with Crippen molar-refractivity contribution in [3.63, 3.8) is 0 Å². The molecule has 0 radical (unpaired) electrons. The largest absolute Gasteiger partial charge is 0.338 e. The average Bonchev–Trinajstić information content (AvgIpc) is 3.04. The zero-order valence-corrected chi connectivity index (χ0v) is 15.8. The van der Waals surface area contributed by atoms with Crippen molar-refractivity contribution in [2.24, 2.45) is 0 Å². The summed E-state index contributed by atoms with van der Waals surface area (Å²) in [6.07, 6.45) is 1.59. The Bertz CT molecular complexity index is 811. The van der Waals surface area contributed by atoms with Crippen LogP contribution in [0.3, 0.4) is 0 Å². The van der Waals surface area contributed by atoms with Gasteiger partial charge in [-0.15, -0.1) is 0 Å². The molecule has 2 aromatic carbocycles. The van der Waals surface area contributed by atoms with Crippen molar-refractivity contribution in [2.45, 2.75) is 40.2 Å².